The van der Waals surface area contributed by atoms with Crippen LogP contribution in [-0.2, 0) is 40.2 Å². The minimum absolute atomic E-state index is 0.0463. The van der Waals surface area contributed by atoms with Crippen LogP contribution in [0, 0.1) is 0 Å². The van der Waals surface area contributed by atoms with E-state index in [0.29, 0.717) is 0 Å². The topological polar surface area (TPSA) is 0 Å². The zero-order valence-electron chi connectivity index (χ0n) is 29.7. The third-order valence-corrected chi connectivity index (χ3v) is 14.8. The zero-order chi connectivity index (χ0) is 32.3. The zero-order valence-corrected chi connectivity index (χ0v) is 30.7. The van der Waals surface area contributed by atoms with Crippen LogP contribution in [0.1, 0.15) is 128 Å². The fraction of sp³-hybridized carbons (Fsp3) is 0.442. The van der Waals surface area contributed by atoms with Crippen molar-refractivity contribution in [3.8, 4) is 0 Å². The van der Waals surface area contributed by atoms with E-state index in [0.717, 1.165) is 18.5 Å². The minimum Gasteiger partial charge on any atom is -0.0626 e. The maximum Gasteiger partial charge on any atom is 0.126 e. The van der Waals surface area contributed by atoms with E-state index < -0.39 is 8.07 Å². The highest BCUT2D eigenvalue weighted by atomic mass is 28.3. The Bertz CT molecular complexity index is 1500. The van der Waals surface area contributed by atoms with Gasteiger partial charge in [-0.05, 0) is 84.7 Å². The monoisotopic (exact) mass is 600 g/mol. The van der Waals surface area contributed by atoms with Crippen molar-refractivity contribution < 1.29 is 0 Å². The maximum absolute atomic E-state index is 2.59. The van der Waals surface area contributed by atoms with E-state index in [1.165, 1.54) is 33.4 Å². The predicted octanol–water partition coefficient (Wildman–Crippen LogP) is 9.91. The lowest BCUT2D eigenvalue weighted by Crippen LogP contribution is -2.63. The summed E-state index contributed by atoms with van der Waals surface area (Å²) in [6, 6.07) is 35.8. The lowest BCUT2D eigenvalue weighted by molar-refractivity contribution is 0.560. The molecule has 0 aromatic heterocycles. The van der Waals surface area contributed by atoms with E-state index in [1.54, 1.807) is 21.5 Å². The van der Waals surface area contributed by atoms with Gasteiger partial charge in [0.25, 0.3) is 0 Å². The summed E-state index contributed by atoms with van der Waals surface area (Å²) in [6.45, 7) is 28.8. The Balaban J connectivity index is 1.99. The van der Waals surface area contributed by atoms with Crippen LogP contribution < -0.4 is 10.4 Å². The van der Waals surface area contributed by atoms with E-state index in [1.807, 2.05) is 0 Å². The summed E-state index contributed by atoms with van der Waals surface area (Å²) in [7, 11) is -2.37. The molecule has 0 atom stereocenters. The van der Waals surface area contributed by atoms with Gasteiger partial charge in [0.15, 0.2) is 0 Å². The van der Waals surface area contributed by atoms with Gasteiger partial charge >= 0.3 is 0 Å². The molecule has 0 aliphatic carbocycles. The fourth-order valence-corrected chi connectivity index (χ4v) is 12.3. The van der Waals surface area contributed by atoms with Gasteiger partial charge in [0, 0.05) is 0 Å². The molecule has 0 amide bonds. The molecule has 0 nitrogen and oxygen atoms in total. The van der Waals surface area contributed by atoms with Crippen molar-refractivity contribution in [1.82, 2.24) is 0 Å². The summed E-state index contributed by atoms with van der Waals surface area (Å²) >= 11 is 0. The van der Waals surface area contributed by atoms with Gasteiger partial charge in [0.05, 0.1) is 0 Å². The SMILES string of the molecule is CC(C)(C)c1cc2c(c(C(C)(C)C)c1)C[Si](c1ccccc1)(c1ccccc1)Cc1c(cc(C(C)(C)C)cc1C(C)(C)C)C2. The molecule has 0 radical (unpaired) electrons. The largest absolute Gasteiger partial charge is 0.126 e. The van der Waals surface area contributed by atoms with Crippen molar-refractivity contribution >= 4 is 18.4 Å². The molecule has 5 rings (SSSR count). The first-order chi connectivity index (χ1) is 20.3. The first kappa shape index (κ1) is 32.5. The van der Waals surface area contributed by atoms with Crippen LogP contribution in [0.25, 0.3) is 0 Å². The Morgan fingerprint density at radius 2 is 0.773 bits per heavy atom. The van der Waals surface area contributed by atoms with Gasteiger partial charge in [-0.3, -0.25) is 0 Å². The van der Waals surface area contributed by atoms with Crippen LogP contribution in [0.15, 0.2) is 84.9 Å². The van der Waals surface area contributed by atoms with Crippen molar-refractivity contribution in [1.29, 1.82) is 0 Å². The summed E-state index contributed by atoms with van der Waals surface area (Å²) in [6.07, 6.45) is 0.999. The van der Waals surface area contributed by atoms with E-state index in [9.17, 15) is 0 Å². The van der Waals surface area contributed by atoms with Crippen molar-refractivity contribution in [3.05, 3.63) is 129 Å². The highest BCUT2D eigenvalue weighted by Crippen LogP contribution is 2.42. The standard InChI is InChI=1S/C43H56Si/c1-40(2,3)32-24-30-23-31-25-33(41(4,5)6)27-39(43(10,11)12)37(31)29-44(34-19-15-13-16-20-34,35-21-17-14-18-22-35)28-36(30)38(26-32)42(7,8)9/h13-22,24-27H,23,28-29H2,1-12H3. The number of rotatable bonds is 2. The molecule has 1 heteroatoms. The quantitative estimate of drug-likeness (QED) is 0.201. The molecular weight excluding hydrogens is 545 g/mol. The van der Waals surface area contributed by atoms with Crippen molar-refractivity contribution in [2.75, 3.05) is 0 Å². The second kappa shape index (κ2) is 11.2. The Labute approximate surface area is 270 Å². The molecule has 1 heterocycles. The van der Waals surface area contributed by atoms with Gasteiger partial charge in [-0.25, -0.2) is 0 Å². The van der Waals surface area contributed by atoms with Gasteiger partial charge in [-0.1, -0.05) is 178 Å². The van der Waals surface area contributed by atoms with Gasteiger partial charge in [0.2, 0.25) is 0 Å². The summed E-state index contributed by atoms with van der Waals surface area (Å²) in [5.74, 6) is 0. The van der Waals surface area contributed by atoms with Gasteiger partial charge < -0.3 is 0 Å². The number of hydrogen-bond donors (Lipinski definition) is 0. The smallest absolute Gasteiger partial charge is 0.0626 e. The van der Waals surface area contributed by atoms with Gasteiger partial charge in [-0.2, -0.15) is 0 Å². The average molecular weight is 601 g/mol. The molecule has 0 saturated heterocycles. The van der Waals surface area contributed by atoms with Gasteiger partial charge in [-0.15, -0.1) is 0 Å². The summed E-state index contributed by atoms with van der Waals surface area (Å²) in [5.41, 5.74) is 12.5. The third kappa shape index (κ3) is 6.27. The molecule has 0 fully saturated rings. The summed E-state index contributed by atoms with van der Waals surface area (Å²) < 4.78 is 0. The number of hydrogen-bond acceptors (Lipinski definition) is 0. The maximum atomic E-state index is 2.59. The minimum atomic E-state index is -2.37. The second-order valence-corrected chi connectivity index (χ2v) is 21.7. The molecule has 4 aromatic carbocycles. The molecule has 4 aromatic rings. The molecule has 1 aliphatic heterocycles. The Kier molecular flexibility index (Phi) is 8.24. The van der Waals surface area contributed by atoms with Crippen LogP contribution in [0.5, 0.6) is 0 Å². The van der Waals surface area contributed by atoms with Crippen LogP contribution in [0.4, 0.5) is 0 Å². The predicted molar refractivity (Wildman–Crippen MR) is 196 cm³/mol. The highest BCUT2D eigenvalue weighted by molar-refractivity contribution is 7.01. The normalized spacial score (nSPS) is 15.6. The Morgan fingerprint density at radius 3 is 1.07 bits per heavy atom. The first-order valence-corrected chi connectivity index (χ1v) is 19.2. The molecule has 0 saturated carbocycles. The van der Waals surface area contributed by atoms with Crippen molar-refractivity contribution in [2.24, 2.45) is 0 Å². The molecule has 44 heavy (non-hydrogen) atoms. The third-order valence-electron chi connectivity index (χ3n) is 10.0. The van der Waals surface area contributed by atoms with E-state index in [4.69, 9.17) is 0 Å². The fourth-order valence-electron chi connectivity index (χ4n) is 7.36. The lowest BCUT2D eigenvalue weighted by atomic mass is 9.74. The number of fused-ring (bicyclic) bond motifs is 2. The lowest BCUT2D eigenvalue weighted by Gasteiger charge is -2.41. The van der Waals surface area contributed by atoms with E-state index in [-0.39, 0.29) is 21.7 Å². The summed E-state index contributed by atoms with van der Waals surface area (Å²) in [5, 5.41) is 3.09. The molecule has 0 N–H and O–H groups in total. The highest BCUT2D eigenvalue weighted by Gasteiger charge is 2.43. The van der Waals surface area contributed by atoms with Crippen molar-refractivity contribution in [3.63, 3.8) is 0 Å². The molecule has 1 aliphatic rings. The van der Waals surface area contributed by atoms with Crippen LogP contribution in [-0.4, -0.2) is 8.07 Å². The van der Waals surface area contributed by atoms with Crippen molar-refractivity contribution in [2.45, 2.75) is 123 Å². The average Bonchev–Trinajstić information content (AvgIpc) is 2.91. The first-order valence-electron chi connectivity index (χ1n) is 16.8. The van der Waals surface area contributed by atoms with Crippen LogP contribution >= 0.6 is 0 Å². The van der Waals surface area contributed by atoms with E-state index in [2.05, 4.69) is 168 Å². The van der Waals surface area contributed by atoms with Crippen LogP contribution in [0.3, 0.4) is 0 Å². The second-order valence-electron chi connectivity index (χ2n) is 17.7. The number of benzene rings is 4. The summed E-state index contributed by atoms with van der Waals surface area (Å²) in [4.78, 5) is 0. The molecular formula is C43H56Si. The molecule has 0 unspecified atom stereocenters. The Morgan fingerprint density at radius 1 is 0.432 bits per heavy atom. The Hall–Kier alpha value is -2.90. The molecule has 0 spiro atoms. The molecule has 232 valence electrons. The van der Waals surface area contributed by atoms with Crippen LogP contribution in [0.2, 0.25) is 0 Å². The van der Waals surface area contributed by atoms with Gasteiger partial charge in [0.1, 0.15) is 8.07 Å². The van der Waals surface area contributed by atoms with E-state index >= 15 is 0 Å². The molecule has 0 bridgehead atoms.